The van der Waals surface area contributed by atoms with Crippen molar-refractivity contribution in [2.45, 2.75) is 6.10 Å². The molecule has 3 N–H and O–H groups in total. The monoisotopic (exact) mass is 298 g/mol. The van der Waals surface area contributed by atoms with Crippen molar-refractivity contribution in [3.05, 3.63) is 0 Å². The highest BCUT2D eigenvalue weighted by atomic mass is 31.1. The number of carbonyl (C=O) groups excluding carboxylic acids is 1. The SMILES string of the molecule is C1COCO1.C[N+](C)(C)CC(=O)P(O)CC(O)CO. The molecule has 1 heterocycles. The zero-order valence-electron chi connectivity index (χ0n) is 11.8. The van der Waals surface area contributed by atoms with Gasteiger partial charge in [-0.1, -0.05) is 0 Å². The first-order valence-electron chi connectivity index (χ1n) is 6.00. The first-order chi connectivity index (χ1) is 8.76. The number of nitrogens with zero attached hydrogens (tertiary/aromatic N) is 1. The van der Waals surface area contributed by atoms with E-state index in [4.69, 9.17) is 19.7 Å². The normalized spacial score (nSPS) is 18.4. The van der Waals surface area contributed by atoms with E-state index in [1.165, 1.54) is 0 Å². The van der Waals surface area contributed by atoms with Crippen molar-refractivity contribution in [3.63, 3.8) is 0 Å². The Labute approximate surface area is 115 Å². The molecule has 0 aromatic carbocycles. The molecule has 1 aliphatic rings. The minimum absolute atomic E-state index is 0.0370. The van der Waals surface area contributed by atoms with Gasteiger partial charge in [0.1, 0.15) is 21.5 Å². The molecule has 0 aromatic heterocycles. The summed E-state index contributed by atoms with van der Waals surface area (Å²) in [6.45, 7) is 1.87. The summed E-state index contributed by atoms with van der Waals surface area (Å²) >= 11 is 0. The minimum Gasteiger partial charge on any atom is -0.394 e. The van der Waals surface area contributed by atoms with Gasteiger partial charge in [0.05, 0.1) is 47.1 Å². The van der Waals surface area contributed by atoms with Gasteiger partial charge in [-0.3, -0.25) is 4.79 Å². The molecule has 0 amide bonds. The third-order valence-electron chi connectivity index (χ3n) is 2.03. The molecule has 1 fully saturated rings. The highest BCUT2D eigenvalue weighted by Gasteiger charge is 2.24. The molecule has 19 heavy (non-hydrogen) atoms. The van der Waals surface area contributed by atoms with E-state index in [1.54, 1.807) is 0 Å². The maximum atomic E-state index is 11.4. The summed E-state index contributed by atoms with van der Waals surface area (Å²) in [5, 5.41) is 17.6. The number of aliphatic hydroxyl groups excluding tert-OH is 2. The van der Waals surface area contributed by atoms with Crippen LogP contribution in [-0.2, 0) is 14.3 Å². The second kappa shape index (κ2) is 9.72. The maximum absolute atomic E-state index is 11.4. The average molecular weight is 298 g/mol. The fourth-order valence-electron chi connectivity index (χ4n) is 1.14. The zero-order chi connectivity index (χ0) is 14.9. The second-order valence-corrected chi connectivity index (χ2v) is 6.86. The summed E-state index contributed by atoms with van der Waals surface area (Å²) in [5.41, 5.74) is -0.250. The standard InChI is InChI=1S/C8H19NO4P.C3H6O2/c1-9(2,3)4-8(12)14(13)6-7(11)5-10;1-2-5-3-4-1/h7,10-11,13H,4-6H2,1-3H3;1-3H2/q+1;. The van der Waals surface area contributed by atoms with E-state index in [9.17, 15) is 9.69 Å². The first-order valence-corrected chi connectivity index (χ1v) is 7.48. The minimum atomic E-state index is -1.82. The Kier molecular flexibility index (Phi) is 9.64. The van der Waals surface area contributed by atoms with Crippen LogP contribution in [0.25, 0.3) is 0 Å². The number of hydrogen-bond donors (Lipinski definition) is 3. The van der Waals surface area contributed by atoms with E-state index in [0.717, 1.165) is 13.2 Å². The number of likely N-dealkylation sites (N-methyl/N-ethyl adjacent to an activating group) is 1. The van der Waals surface area contributed by atoms with Crippen molar-refractivity contribution in [1.29, 1.82) is 0 Å². The van der Waals surface area contributed by atoms with E-state index in [1.807, 2.05) is 21.1 Å². The molecule has 1 aliphatic heterocycles. The van der Waals surface area contributed by atoms with Crippen LogP contribution in [0, 0.1) is 0 Å². The predicted octanol–water partition coefficient (Wildman–Crippen LogP) is -1.05. The summed E-state index contributed by atoms with van der Waals surface area (Å²) in [5.74, 6) is 0. The van der Waals surface area contributed by atoms with E-state index < -0.39 is 20.9 Å². The third-order valence-corrected chi connectivity index (χ3v) is 3.52. The molecular weight excluding hydrogens is 273 g/mol. The molecule has 7 nitrogen and oxygen atoms in total. The lowest BCUT2D eigenvalue weighted by atomic mass is 10.4. The number of aliphatic hydroxyl groups is 2. The molecule has 0 spiro atoms. The van der Waals surface area contributed by atoms with Crippen LogP contribution in [0.5, 0.6) is 0 Å². The van der Waals surface area contributed by atoms with Gasteiger partial charge in [0.2, 0.25) is 5.52 Å². The van der Waals surface area contributed by atoms with E-state index in [-0.39, 0.29) is 18.2 Å². The molecule has 0 radical (unpaired) electrons. The molecule has 1 rings (SSSR count). The summed E-state index contributed by atoms with van der Waals surface area (Å²) < 4.78 is 9.90. The van der Waals surface area contributed by atoms with Crippen LogP contribution in [0.2, 0.25) is 0 Å². The van der Waals surface area contributed by atoms with Gasteiger partial charge >= 0.3 is 0 Å². The van der Waals surface area contributed by atoms with E-state index in [0.29, 0.717) is 11.3 Å². The Morgan fingerprint density at radius 1 is 1.32 bits per heavy atom. The third kappa shape index (κ3) is 11.4. The fraction of sp³-hybridized carbons (Fsp3) is 0.909. The largest absolute Gasteiger partial charge is 0.394 e. The Morgan fingerprint density at radius 2 is 1.84 bits per heavy atom. The summed E-state index contributed by atoms with van der Waals surface area (Å²) in [6.07, 6.45) is -1.03. The van der Waals surface area contributed by atoms with Crippen LogP contribution in [0.1, 0.15) is 0 Å². The first kappa shape index (κ1) is 18.9. The zero-order valence-corrected chi connectivity index (χ0v) is 12.7. The quantitative estimate of drug-likeness (QED) is 0.428. The lowest BCUT2D eigenvalue weighted by Crippen LogP contribution is -2.39. The molecule has 8 heteroatoms. The van der Waals surface area contributed by atoms with Crippen molar-refractivity contribution >= 4 is 13.7 Å². The highest BCUT2D eigenvalue weighted by molar-refractivity contribution is 7.69. The van der Waals surface area contributed by atoms with Gasteiger partial charge in [-0.05, 0) is 0 Å². The summed E-state index contributed by atoms with van der Waals surface area (Å²) in [6, 6.07) is 0. The van der Waals surface area contributed by atoms with Crippen LogP contribution < -0.4 is 0 Å². The molecule has 0 saturated carbocycles. The lowest BCUT2D eigenvalue weighted by Gasteiger charge is -2.24. The van der Waals surface area contributed by atoms with E-state index >= 15 is 0 Å². The van der Waals surface area contributed by atoms with Gasteiger partial charge in [0.25, 0.3) is 0 Å². The number of hydrogen-bond acceptors (Lipinski definition) is 6. The molecule has 0 aliphatic carbocycles. The van der Waals surface area contributed by atoms with Crippen LogP contribution in [0.15, 0.2) is 0 Å². The van der Waals surface area contributed by atoms with Gasteiger partial charge in [-0.15, -0.1) is 0 Å². The van der Waals surface area contributed by atoms with Crippen LogP contribution in [-0.4, -0.2) is 91.7 Å². The van der Waals surface area contributed by atoms with Gasteiger partial charge in [-0.25, -0.2) is 0 Å². The fourth-order valence-corrected chi connectivity index (χ4v) is 2.45. The predicted molar refractivity (Wildman–Crippen MR) is 71.8 cm³/mol. The number of ether oxygens (including phenoxy) is 2. The molecule has 0 aromatic rings. The van der Waals surface area contributed by atoms with Gasteiger partial charge < -0.3 is 29.1 Å². The van der Waals surface area contributed by atoms with E-state index in [2.05, 4.69) is 0 Å². The number of carbonyl (C=O) groups is 1. The Balaban J connectivity index is 0.000000532. The molecule has 1 saturated heterocycles. The topological polar surface area (TPSA) is 96.2 Å². The van der Waals surface area contributed by atoms with Crippen molar-refractivity contribution in [3.8, 4) is 0 Å². The molecular formula is C11H25NO6P+. The van der Waals surface area contributed by atoms with Crippen LogP contribution in [0.4, 0.5) is 0 Å². The van der Waals surface area contributed by atoms with Gasteiger partial charge in [0.15, 0.2) is 0 Å². The Morgan fingerprint density at radius 3 is 2.16 bits per heavy atom. The second-order valence-electron chi connectivity index (χ2n) is 5.20. The Bertz CT molecular complexity index is 246. The van der Waals surface area contributed by atoms with Crippen molar-refractivity contribution in [1.82, 2.24) is 0 Å². The van der Waals surface area contributed by atoms with Crippen molar-refractivity contribution < 1.29 is 33.9 Å². The highest BCUT2D eigenvalue weighted by Crippen LogP contribution is 2.32. The van der Waals surface area contributed by atoms with Gasteiger partial charge in [-0.2, -0.15) is 0 Å². The summed E-state index contributed by atoms with van der Waals surface area (Å²) in [4.78, 5) is 20.8. The van der Waals surface area contributed by atoms with Crippen molar-refractivity contribution in [2.24, 2.45) is 0 Å². The van der Waals surface area contributed by atoms with Crippen molar-refractivity contribution in [2.75, 3.05) is 60.5 Å². The maximum Gasteiger partial charge on any atom is 0.235 e. The summed E-state index contributed by atoms with van der Waals surface area (Å²) in [7, 11) is 3.74. The average Bonchev–Trinajstić information content (AvgIpc) is 2.84. The van der Waals surface area contributed by atoms with Crippen LogP contribution >= 0.6 is 8.15 Å². The lowest BCUT2D eigenvalue weighted by molar-refractivity contribution is -0.861. The molecule has 0 bridgehead atoms. The molecule has 2 atom stereocenters. The molecule has 114 valence electrons. The number of quaternary nitrogens is 1. The Hall–Kier alpha value is -0.140. The van der Waals surface area contributed by atoms with Gasteiger partial charge in [0, 0.05) is 6.16 Å². The smallest absolute Gasteiger partial charge is 0.235 e. The molecule has 2 unspecified atom stereocenters. The number of rotatable bonds is 6. The van der Waals surface area contributed by atoms with Crippen LogP contribution in [0.3, 0.4) is 0 Å².